The Kier molecular flexibility index (Phi) is 6.30. The van der Waals surface area contributed by atoms with E-state index in [0.29, 0.717) is 15.9 Å². The lowest BCUT2D eigenvalue weighted by atomic mass is 10.0. The summed E-state index contributed by atoms with van der Waals surface area (Å²) in [6.07, 6.45) is 3.28. The summed E-state index contributed by atoms with van der Waals surface area (Å²) in [4.78, 5) is 21.9. The van der Waals surface area contributed by atoms with Crippen LogP contribution in [0.15, 0.2) is 65.8 Å². The molecule has 30 heavy (non-hydrogen) atoms. The number of hydrogen-bond donors (Lipinski definition) is 1. The molecule has 1 heterocycles. The maximum atomic E-state index is 13.8. The molecule has 0 fully saturated rings. The van der Waals surface area contributed by atoms with E-state index in [1.165, 1.54) is 50.6 Å². The van der Waals surface area contributed by atoms with Crippen LogP contribution >= 0.6 is 0 Å². The second-order valence-electron chi connectivity index (χ2n) is 6.48. The van der Waals surface area contributed by atoms with Gasteiger partial charge in [-0.3, -0.25) is 9.63 Å². The summed E-state index contributed by atoms with van der Waals surface area (Å²) in [5.41, 5.74) is 0.622. The van der Waals surface area contributed by atoms with E-state index in [2.05, 4.69) is 10.3 Å². The van der Waals surface area contributed by atoms with Crippen LogP contribution in [0.4, 0.5) is 4.39 Å². The molecule has 0 aliphatic rings. The van der Waals surface area contributed by atoms with E-state index in [4.69, 9.17) is 4.84 Å². The van der Waals surface area contributed by atoms with Crippen molar-refractivity contribution in [3.63, 3.8) is 0 Å². The quantitative estimate of drug-likeness (QED) is 0.578. The fourth-order valence-corrected chi connectivity index (χ4v) is 3.92. The average Bonchev–Trinajstić information content (AvgIpc) is 3.16. The number of halogens is 1. The van der Waals surface area contributed by atoms with Gasteiger partial charge in [-0.1, -0.05) is 22.7 Å². The van der Waals surface area contributed by atoms with Gasteiger partial charge in [-0.2, -0.15) is 0 Å². The fourth-order valence-electron chi connectivity index (χ4n) is 2.90. The van der Waals surface area contributed by atoms with Crippen molar-refractivity contribution in [3.8, 4) is 0 Å². The molecule has 1 amide bonds. The van der Waals surface area contributed by atoms with Crippen molar-refractivity contribution >= 4 is 15.9 Å². The lowest BCUT2D eigenvalue weighted by Crippen LogP contribution is -2.31. The minimum atomic E-state index is -3.92. The van der Waals surface area contributed by atoms with Crippen LogP contribution in [0.3, 0.4) is 0 Å². The summed E-state index contributed by atoms with van der Waals surface area (Å²) in [6.45, 7) is 0. The van der Waals surface area contributed by atoms with Gasteiger partial charge in [0.05, 0.1) is 12.0 Å². The van der Waals surface area contributed by atoms with Crippen LogP contribution in [-0.2, 0) is 21.9 Å². The Balaban J connectivity index is 1.96. The van der Waals surface area contributed by atoms with Crippen molar-refractivity contribution in [2.24, 2.45) is 7.05 Å². The molecule has 1 aromatic heterocycles. The van der Waals surface area contributed by atoms with Gasteiger partial charge in [-0.15, -0.1) is 0 Å². The van der Waals surface area contributed by atoms with Gasteiger partial charge >= 0.3 is 0 Å². The molecule has 158 valence electrons. The number of benzene rings is 2. The highest BCUT2D eigenvalue weighted by molar-refractivity contribution is 7.89. The molecular weight excluding hydrogens is 411 g/mol. The van der Waals surface area contributed by atoms with Gasteiger partial charge in [0.1, 0.15) is 17.7 Å². The molecule has 2 aromatic carbocycles. The number of hydrogen-bond acceptors (Lipinski definition) is 5. The van der Waals surface area contributed by atoms with Crippen LogP contribution in [0.2, 0.25) is 0 Å². The van der Waals surface area contributed by atoms with Crippen LogP contribution in [-0.4, -0.2) is 42.5 Å². The van der Waals surface area contributed by atoms with Crippen molar-refractivity contribution < 1.29 is 22.4 Å². The Bertz CT molecular complexity index is 1160. The van der Waals surface area contributed by atoms with Gasteiger partial charge in [-0.05, 0) is 35.9 Å². The van der Waals surface area contributed by atoms with E-state index < -0.39 is 27.8 Å². The molecule has 1 atom stereocenters. The summed E-state index contributed by atoms with van der Waals surface area (Å²) in [5.74, 6) is -0.488. The van der Waals surface area contributed by atoms with Gasteiger partial charge in [-0.25, -0.2) is 17.8 Å². The highest BCUT2D eigenvalue weighted by atomic mass is 32.2. The van der Waals surface area contributed by atoms with Crippen LogP contribution in [0, 0.1) is 5.82 Å². The Hall–Kier alpha value is -3.08. The Labute approximate surface area is 173 Å². The zero-order valence-corrected chi connectivity index (χ0v) is 17.4. The van der Waals surface area contributed by atoms with E-state index in [-0.39, 0.29) is 10.5 Å². The minimum absolute atomic E-state index is 0.0983. The van der Waals surface area contributed by atoms with E-state index >= 15 is 0 Å². The van der Waals surface area contributed by atoms with Gasteiger partial charge in [0, 0.05) is 32.1 Å². The zero-order valence-electron chi connectivity index (χ0n) is 16.6. The number of nitrogens with one attached hydrogen (secondary N) is 1. The monoisotopic (exact) mass is 432 g/mol. The normalized spacial score (nSPS) is 12.7. The van der Waals surface area contributed by atoms with E-state index in [9.17, 15) is 17.6 Å². The topological polar surface area (TPSA) is 93.5 Å². The van der Waals surface area contributed by atoms with Crippen LogP contribution in [0.5, 0.6) is 0 Å². The maximum Gasteiger partial charge on any atom is 0.264 e. The summed E-state index contributed by atoms with van der Waals surface area (Å²) < 4.78 is 41.1. The first-order chi connectivity index (χ1) is 14.2. The van der Waals surface area contributed by atoms with Gasteiger partial charge in [0.15, 0.2) is 0 Å². The van der Waals surface area contributed by atoms with Crippen molar-refractivity contribution in [2.75, 3.05) is 14.2 Å². The third kappa shape index (κ3) is 4.40. The van der Waals surface area contributed by atoms with Gasteiger partial charge in [0.2, 0.25) is 0 Å². The van der Waals surface area contributed by atoms with Crippen molar-refractivity contribution in [1.82, 2.24) is 19.3 Å². The number of hydroxylamine groups is 1. The molecule has 3 aromatic rings. The van der Waals surface area contributed by atoms with Crippen molar-refractivity contribution in [2.45, 2.75) is 10.9 Å². The Morgan fingerprint density at radius 1 is 1.23 bits per heavy atom. The highest BCUT2D eigenvalue weighted by Gasteiger charge is 2.25. The SMILES string of the molecule is CON(C)S(=O)(=O)c1cccc(C(=O)NC(c2cccc(F)c2)c2nccn2C)c1. The van der Waals surface area contributed by atoms with E-state index in [1.54, 1.807) is 36.1 Å². The largest absolute Gasteiger partial charge is 0.338 e. The lowest BCUT2D eigenvalue weighted by Gasteiger charge is -2.20. The average molecular weight is 432 g/mol. The van der Waals surface area contributed by atoms with Crippen LogP contribution in [0.1, 0.15) is 27.8 Å². The Morgan fingerprint density at radius 2 is 1.97 bits per heavy atom. The predicted molar refractivity (Wildman–Crippen MR) is 107 cm³/mol. The number of sulfonamides is 1. The van der Waals surface area contributed by atoms with Crippen molar-refractivity contribution in [1.29, 1.82) is 0 Å². The highest BCUT2D eigenvalue weighted by Crippen LogP contribution is 2.23. The molecule has 0 spiro atoms. The summed E-state index contributed by atoms with van der Waals surface area (Å²) in [6, 6.07) is 10.7. The molecule has 1 N–H and O–H groups in total. The van der Waals surface area contributed by atoms with Gasteiger partial charge < -0.3 is 9.88 Å². The first-order valence-corrected chi connectivity index (χ1v) is 10.3. The second kappa shape index (κ2) is 8.74. The molecule has 0 saturated heterocycles. The standard InChI is InChI=1S/C20H21FN4O4S/c1-24-11-10-22-19(24)18(14-6-4-8-16(21)12-14)23-20(26)15-7-5-9-17(13-15)30(27,28)25(2)29-3/h4-13,18H,1-3H3,(H,23,26). The third-order valence-corrected chi connectivity index (χ3v) is 6.24. The first-order valence-electron chi connectivity index (χ1n) is 8.90. The van der Waals surface area contributed by atoms with E-state index in [0.717, 1.165) is 0 Å². The molecule has 1 unspecified atom stereocenters. The lowest BCUT2D eigenvalue weighted by molar-refractivity contribution is -0.0258. The minimum Gasteiger partial charge on any atom is -0.338 e. The Morgan fingerprint density at radius 3 is 2.60 bits per heavy atom. The molecule has 0 radical (unpaired) electrons. The summed E-state index contributed by atoms with van der Waals surface area (Å²) in [5, 5.41) is 2.81. The number of rotatable bonds is 7. The first kappa shape index (κ1) is 21.6. The zero-order chi connectivity index (χ0) is 21.9. The molecule has 0 saturated carbocycles. The number of amides is 1. The van der Waals surface area contributed by atoms with Crippen LogP contribution < -0.4 is 5.32 Å². The number of nitrogens with zero attached hydrogens (tertiary/aromatic N) is 3. The number of imidazole rings is 1. The van der Waals surface area contributed by atoms with Gasteiger partial charge in [0.25, 0.3) is 15.9 Å². The molecule has 3 rings (SSSR count). The van der Waals surface area contributed by atoms with Crippen LogP contribution in [0.25, 0.3) is 0 Å². The van der Waals surface area contributed by atoms with E-state index in [1.807, 2.05) is 0 Å². The number of aromatic nitrogens is 2. The summed E-state index contributed by atoms with van der Waals surface area (Å²) in [7, 11) is 0.322. The summed E-state index contributed by atoms with van der Waals surface area (Å²) >= 11 is 0. The number of aryl methyl sites for hydroxylation is 1. The molecular formula is C20H21FN4O4S. The molecule has 0 aliphatic heterocycles. The smallest absolute Gasteiger partial charge is 0.264 e. The molecule has 8 nitrogen and oxygen atoms in total. The number of carbonyl (C=O) groups excluding carboxylic acids is 1. The third-order valence-electron chi connectivity index (χ3n) is 4.56. The van der Waals surface area contributed by atoms with Crippen molar-refractivity contribution in [3.05, 3.63) is 83.7 Å². The molecule has 0 bridgehead atoms. The second-order valence-corrected chi connectivity index (χ2v) is 8.42. The fraction of sp³-hybridized carbons (Fsp3) is 0.200. The predicted octanol–water partition coefficient (Wildman–Crippen LogP) is 2.26. The molecule has 0 aliphatic carbocycles. The molecule has 10 heteroatoms. The maximum absolute atomic E-state index is 13.8. The number of carbonyl (C=O) groups is 1.